The lowest BCUT2D eigenvalue weighted by molar-refractivity contribution is -0.385. The van der Waals surface area contributed by atoms with Gasteiger partial charge in [0.05, 0.1) is 3.91 Å². The minimum atomic E-state index is -8.02. The van der Waals surface area contributed by atoms with Crippen LogP contribution in [-0.2, 0) is 29.5 Å². The standard InChI is InChI=1S/C4F9O6S3.C4H6N2/c5-2(6,7)20(14,15)1(21(16,17)3(8,9)10)22(18,19)4(11,12)13;1-4-5-2-3-6-4/h;2-3H,1H3,(H,5,6)/q-1;/p+1. The van der Waals surface area contributed by atoms with Gasteiger partial charge in [0.25, 0.3) is 0 Å². The van der Waals surface area contributed by atoms with Crippen molar-refractivity contribution < 1.29 is 69.8 Å². The molecule has 0 atom stereocenters. The maximum absolute atomic E-state index is 12.0. The van der Waals surface area contributed by atoms with Crippen LogP contribution in [0.2, 0.25) is 0 Å². The Morgan fingerprint density at radius 1 is 0.750 bits per heavy atom. The molecule has 0 bridgehead atoms. The van der Waals surface area contributed by atoms with Crippen LogP contribution in [0.1, 0.15) is 5.82 Å². The van der Waals surface area contributed by atoms with Crippen molar-refractivity contribution in [1.82, 2.24) is 4.98 Å². The van der Waals surface area contributed by atoms with E-state index >= 15 is 0 Å². The highest BCUT2D eigenvalue weighted by atomic mass is 32.3. The zero-order valence-corrected chi connectivity index (χ0v) is 15.2. The molecule has 20 heteroatoms. The molecule has 0 aromatic carbocycles. The smallest absolute Gasteiger partial charge is 0.251 e. The summed E-state index contributed by atoms with van der Waals surface area (Å²) in [4.78, 5) is 5.89. The van der Waals surface area contributed by atoms with Crippen molar-refractivity contribution in [2.45, 2.75) is 23.4 Å². The first-order chi connectivity index (χ1) is 12.0. The first kappa shape index (κ1) is 26.4. The summed E-state index contributed by atoms with van der Waals surface area (Å²) < 4.78 is 167. The van der Waals surface area contributed by atoms with Crippen molar-refractivity contribution >= 4 is 29.5 Å². The molecule has 0 unspecified atom stereocenters. The van der Waals surface area contributed by atoms with Gasteiger partial charge in [0.2, 0.25) is 5.82 Å². The highest BCUT2D eigenvalue weighted by molar-refractivity contribution is 8.29. The van der Waals surface area contributed by atoms with E-state index in [2.05, 4.69) is 9.97 Å². The van der Waals surface area contributed by atoms with Crippen LogP contribution in [0.25, 0.3) is 0 Å². The number of hydrogen-bond acceptors (Lipinski definition) is 6. The fourth-order valence-corrected chi connectivity index (χ4v) is 6.83. The topological polar surface area (TPSA) is 132 Å². The Balaban J connectivity index is 0.00000102. The predicted molar refractivity (Wildman–Crippen MR) is 70.3 cm³/mol. The molecule has 0 amide bonds. The Morgan fingerprint density at radius 3 is 1.14 bits per heavy atom. The van der Waals surface area contributed by atoms with E-state index in [4.69, 9.17) is 0 Å². The zero-order valence-electron chi connectivity index (χ0n) is 12.7. The molecule has 166 valence electrons. The van der Waals surface area contributed by atoms with Gasteiger partial charge in [0, 0.05) is 6.92 Å². The summed E-state index contributed by atoms with van der Waals surface area (Å²) in [6.45, 7) is 1.97. The molecular weight excluding hydrogens is 487 g/mol. The van der Waals surface area contributed by atoms with Crippen LogP contribution in [0, 0.1) is 10.8 Å². The van der Waals surface area contributed by atoms with E-state index in [1.54, 1.807) is 0 Å². The summed E-state index contributed by atoms with van der Waals surface area (Å²) in [6.07, 6.45) is 3.71. The van der Waals surface area contributed by atoms with Crippen LogP contribution in [0.5, 0.6) is 0 Å². The second-order valence-electron chi connectivity index (χ2n) is 4.34. The summed E-state index contributed by atoms with van der Waals surface area (Å²) >= 11 is 0. The molecule has 0 saturated carbocycles. The maximum Gasteiger partial charge on any atom is 0.470 e. The minimum Gasteiger partial charge on any atom is -0.251 e. The third kappa shape index (κ3) is 5.27. The first-order valence-electron chi connectivity index (χ1n) is 5.84. The molecule has 0 aliphatic rings. The number of hydrogen-bond donors (Lipinski definition) is 1. The van der Waals surface area contributed by atoms with Gasteiger partial charge >= 0.3 is 16.5 Å². The number of imidazole rings is 1. The van der Waals surface area contributed by atoms with Crippen molar-refractivity contribution in [3.8, 4) is 0 Å². The van der Waals surface area contributed by atoms with Gasteiger partial charge in [0.15, 0.2) is 29.5 Å². The van der Waals surface area contributed by atoms with Crippen molar-refractivity contribution in [2.75, 3.05) is 0 Å². The minimum absolute atomic E-state index is 1.09. The molecular formula is C8H7F9N2O6S3. The van der Waals surface area contributed by atoms with E-state index in [1.165, 1.54) is 0 Å². The van der Waals surface area contributed by atoms with Crippen molar-refractivity contribution in [1.29, 1.82) is 0 Å². The number of aromatic nitrogens is 2. The normalized spacial score (nSPS) is 14.5. The summed E-state index contributed by atoms with van der Waals surface area (Å²) in [5, 5.41) is 0. The number of sulfone groups is 3. The van der Waals surface area contributed by atoms with Gasteiger partial charge in [-0.25, -0.2) is 9.97 Å². The van der Waals surface area contributed by atoms with Crippen molar-refractivity contribution in [2.24, 2.45) is 0 Å². The first-order valence-corrected chi connectivity index (χ1v) is 10.3. The van der Waals surface area contributed by atoms with Gasteiger partial charge in [-0.3, -0.25) is 25.3 Å². The van der Waals surface area contributed by atoms with Crippen LogP contribution in [0.15, 0.2) is 12.4 Å². The average molecular weight is 494 g/mol. The van der Waals surface area contributed by atoms with E-state index in [1.807, 2.05) is 19.3 Å². The van der Waals surface area contributed by atoms with E-state index in [-0.39, 0.29) is 0 Å². The molecule has 1 rings (SSSR count). The second kappa shape index (κ2) is 7.69. The summed E-state index contributed by atoms with van der Waals surface area (Å²) in [5.41, 5.74) is -21.2. The van der Waals surface area contributed by atoms with E-state index in [9.17, 15) is 64.8 Å². The SMILES string of the molecule is Cc1[nH]cc[nH+]1.O=S(=O)([C-](S(=O)(=O)C(F)(F)F)S(=O)(=O)C(F)(F)F)C(F)(F)F. The van der Waals surface area contributed by atoms with Crippen LogP contribution >= 0.6 is 0 Å². The molecule has 2 N–H and O–H groups in total. The number of alkyl halides is 9. The van der Waals surface area contributed by atoms with E-state index in [0.717, 1.165) is 5.82 Å². The van der Waals surface area contributed by atoms with Gasteiger partial charge in [-0.15, -0.1) is 0 Å². The number of rotatable bonds is 3. The maximum atomic E-state index is 12.0. The number of aryl methyl sites for hydroxylation is 1. The largest absolute Gasteiger partial charge is 0.470 e. The fraction of sp³-hybridized carbons (Fsp3) is 0.500. The van der Waals surface area contributed by atoms with Crippen LogP contribution < -0.4 is 4.98 Å². The monoisotopic (exact) mass is 494 g/mol. The molecule has 0 aliphatic heterocycles. The zero-order chi connectivity index (χ0) is 23.0. The Bertz CT molecular complexity index is 868. The molecule has 0 fully saturated rings. The van der Waals surface area contributed by atoms with Crippen LogP contribution in [0.4, 0.5) is 39.5 Å². The molecule has 0 saturated heterocycles. The third-order valence-electron chi connectivity index (χ3n) is 2.26. The van der Waals surface area contributed by atoms with E-state index < -0.39 is 50.0 Å². The lowest BCUT2D eigenvalue weighted by Crippen LogP contribution is -2.47. The van der Waals surface area contributed by atoms with Crippen LogP contribution in [-0.4, -0.2) is 46.8 Å². The highest BCUT2D eigenvalue weighted by Crippen LogP contribution is 2.47. The lowest BCUT2D eigenvalue weighted by atomic mass is 10.8. The van der Waals surface area contributed by atoms with Gasteiger partial charge in [-0.05, 0) is 0 Å². The van der Waals surface area contributed by atoms with Crippen molar-refractivity contribution in [3.05, 3.63) is 22.1 Å². The predicted octanol–water partition coefficient (Wildman–Crippen LogP) is 1.37. The summed E-state index contributed by atoms with van der Waals surface area (Å²) in [5.74, 6) is 1.09. The number of aromatic amines is 2. The Morgan fingerprint density at radius 2 is 1.04 bits per heavy atom. The molecule has 28 heavy (non-hydrogen) atoms. The number of H-pyrrole nitrogens is 2. The Kier molecular flexibility index (Phi) is 7.26. The number of halogens is 9. The summed E-state index contributed by atoms with van der Waals surface area (Å²) in [6, 6.07) is 0. The van der Waals surface area contributed by atoms with Crippen LogP contribution in [0.3, 0.4) is 0 Å². The second-order valence-corrected chi connectivity index (χ2v) is 10.8. The molecule has 0 spiro atoms. The fourth-order valence-electron chi connectivity index (χ4n) is 1.09. The number of nitrogens with one attached hydrogen (secondary N) is 2. The molecule has 8 nitrogen and oxygen atoms in total. The van der Waals surface area contributed by atoms with Gasteiger partial charge in [-0.1, -0.05) is 0 Å². The Labute approximate surface area is 150 Å². The molecule has 1 heterocycles. The Hall–Kier alpha value is -1.57. The van der Waals surface area contributed by atoms with Gasteiger partial charge < -0.3 is 0 Å². The molecule has 1 aromatic rings. The summed E-state index contributed by atoms with van der Waals surface area (Å²) in [7, 11) is -24.1. The molecule has 0 aliphatic carbocycles. The van der Waals surface area contributed by atoms with Crippen molar-refractivity contribution in [3.63, 3.8) is 0 Å². The quantitative estimate of drug-likeness (QED) is 0.499. The lowest BCUT2D eigenvalue weighted by Gasteiger charge is -2.31. The highest BCUT2D eigenvalue weighted by Gasteiger charge is 2.63. The van der Waals surface area contributed by atoms with Gasteiger partial charge in [0.1, 0.15) is 12.4 Å². The average Bonchev–Trinajstić information content (AvgIpc) is 2.85. The molecule has 0 radical (unpaired) electrons. The third-order valence-corrected chi connectivity index (χ3v) is 9.35. The van der Waals surface area contributed by atoms with E-state index in [0.29, 0.717) is 0 Å². The van der Waals surface area contributed by atoms with Gasteiger partial charge in [-0.2, -0.15) is 39.5 Å². The molecule has 1 aromatic heterocycles.